The van der Waals surface area contributed by atoms with E-state index in [9.17, 15) is 18.4 Å². The van der Waals surface area contributed by atoms with Crippen molar-refractivity contribution < 1.29 is 23.1 Å². The second kappa shape index (κ2) is 5.42. The zero-order valence-electron chi connectivity index (χ0n) is 9.96. The molecule has 2 unspecified atom stereocenters. The Hall–Kier alpha value is -1.20. The van der Waals surface area contributed by atoms with E-state index >= 15 is 0 Å². The number of esters is 1. The molecule has 0 aromatic carbocycles. The van der Waals surface area contributed by atoms with Crippen LogP contribution in [0.1, 0.15) is 33.1 Å². The summed E-state index contributed by atoms with van der Waals surface area (Å²) in [7, 11) is 0. The number of amides is 1. The minimum Gasteiger partial charge on any atom is -0.456 e. The van der Waals surface area contributed by atoms with Crippen molar-refractivity contribution in [2.24, 2.45) is 5.92 Å². The molecule has 1 fully saturated rings. The van der Waals surface area contributed by atoms with E-state index in [2.05, 4.69) is 10.1 Å². The second-order valence-electron chi connectivity index (χ2n) is 4.50. The van der Waals surface area contributed by atoms with Crippen molar-refractivity contribution >= 4 is 11.9 Å². The molecule has 1 saturated heterocycles. The summed E-state index contributed by atoms with van der Waals surface area (Å²) < 4.78 is 30.2. The zero-order valence-corrected chi connectivity index (χ0v) is 9.96. The van der Waals surface area contributed by atoms with Crippen molar-refractivity contribution in [2.45, 2.75) is 45.1 Å². The summed E-state index contributed by atoms with van der Waals surface area (Å²) in [5, 5.41) is 2.63. The van der Waals surface area contributed by atoms with E-state index in [1.165, 1.54) is 6.92 Å². The van der Waals surface area contributed by atoms with Crippen LogP contribution in [0.25, 0.3) is 0 Å². The fourth-order valence-corrected chi connectivity index (χ4v) is 1.54. The number of hydrogen-bond donors (Lipinski definition) is 1. The molecule has 1 amide bonds. The van der Waals surface area contributed by atoms with Crippen molar-refractivity contribution in [1.82, 2.24) is 5.32 Å². The van der Waals surface area contributed by atoms with Gasteiger partial charge in [0.2, 0.25) is 5.91 Å². The molecule has 1 heterocycles. The van der Waals surface area contributed by atoms with Crippen molar-refractivity contribution in [3.63, 3.8) is 0 Å². The minimum absolute atomic E-state index is 0.0159. The molecule has 1 aliphatic rings. The van der Waals surface area contributed by atoms with Gasteiger partial charge in [-0.2, -0.15) is 0 Å². The van der Waals surface area contributed by atoms with Gasteiger partial charge in [0.05, 0.1) is 6.42 Å². The topological polar surface area (TPSA) is 55.4 Å². The molecule has 0 spiro atoms. The summed E-state index contributed by atoms with van der Waals surface area (Å²) >= 11 is 0. The Kier molecular flexibility index (Phi) is 4.42. The number of carbonyl (C=O) groups excluding carboxylic acids is 2. The van der Waals surface area contributed by atoms with Crippen LogP contribution in [0.15, 0.2) is 0 Å². The molecule has 1 rings (SSSR count). The number of rotatable bonds is 4. The van der Waals surface area contributed by atoms with Gasteiger partial charge in [-0.1, -0.05) is 0 Å². The number of hydrogen-bond acceptors (Lipinski definition) is 3. The smallest absolute Gasteiger partial charge is 0.306 e. The van der Waals surface area contributed by atoms with E-state index in [0.29, 0.717) is 26.3 Å². The number of halogens is 2. The lowest BCUT2D eigenvalue weighted by molar-refractivity contribution is -0.168. The molecule has 0 aromatic heterocycles. The molecule has 0 radical (unpaired) electrons. The molecule has 0 aliphatic carbocycles. The molecule has 6 heteroatoms. The maximum absolute atomic E-state index is 12.8. The minimum atomic E-state index is -3.03. The molecule has 0 bridgehead atoms. The van der Waals surface area contributed by atoms with Gasteiger partial charge in [-0.3, -0.25) is 9.59 Å². The summed E-state index contributed by atoms with van der Waals surface area (Å²) in [5.41, 5.74) is 0. The zero-order chi connectivity index (χ0) is 13.1. The van der Waals surface area contributed by atoms with Crippen molar-refractivity contribution in [2.75, 3.05) is 6.54 Å². The first kappa shape index (κ1) is 13.9. The van der Waals surface area contributed by atoms with E-state index < -0.39 is 18.0 Å². The van der Waals surface area contributed by atoms with Gasteiger partial charge in [-0.25, -0.2) is 8.78 Å². The Morgan fingerprint density at radius 3 is 2.76 bits per heavy atom. The van der Waals surface area contributed by atoms with Gasteiger partial charge in [0, 0.05) is 19.9 Å². The Balaban J connectivity index is 2.32. The van der Waals surface area contributed by atoms with Crippen LogP contribution in [0, 0.1) is 5.92 Å². The second-order valence-corrected chi connectivity index (χ2v) is 4.50. The number of nitrogens with one attached hydrogen (secondary N) is 1. The SMILES string of the molecule is CC(OC(=O)CC1CCC(=O)NC1)C(C)(F)F. The van der Waals surface area contributed by atoms with Crippen LogP contribution in [-0.4, -0.2) is 30.4 Å². The van der Waals surface area contributed by atoms with Gasteiger partial charge in [0.25, 0.3) is 5.92 Å². The van der Waals surface area contributed by atoms with Crippen molar-refractivity contribution in [3.8, 4) is 0 Å². The average Bonchev–Trinajstić information content (AvgIpc) is 2.20. The lowest BCUT2D eigenvalue weighted by Gasteiger charge is -2.24. The number of ether oxygens (including phenoxy) is 1. The molecular weight excluding hydrogens is 232 g/mol. The summed E-state index contributed by atoms with van der Waals surface area (Å²) in [4.78, 5) is 22.3. The van der Waals surface area contributed by atoms with Gasteiger partial charge in [-0.15, -0.1) is 0 Å². The lowest BCUT2D eigenvalue weighted by atomic mass is 9.96. The Morgan fingerprint density at radius 2 is 2.29 bits per heavy atom. The third-order valence-electron chi connectivity index (χ3n) is 2.84. The summed E-state index contributed by atoms with van der Waals surface area (Å²) in [6, 6.07) is 0. The fourth-order valence-electron chi connectivity index (χ4n) is 1.54. The van der Waals surface area contributed by atoms with E-state index in [-0.39, 0.29) is 18.2 Å². The Morgan fingerprint density at radius 1 is 1.65 bits per heavy atom. The van der Waals surface area contributed by atoms with Crippen LogP contribution in [0.5, 0.6) is 0 Å². The van der Waals surface area contributed by atoms with Crippen molar-refractivity contribution in [1.29, 1.82) is 0 Å². The summed E-state index contributed by atoms with van der Waals surface area (Å²) in [5.74, 6) is -3.72. The van der Waals surface area contributed by atoms with Gasteiger partial charge < -0.3 is 10.1 Å². The van der Waals surface area contributed by atoms with E-state index in [1.807, 2.05) is 0 Å². The van der Waals surface area contributed by atoms with Gasteiger partial charge in [-0.05, 0) is 19.3 Å². The van der Waals surface area contributed by atoms with Crippen LogP contribution in [0.2, 0.25) is 0 Å². The largest absolute Gasteiger partial charge is 0.456 e. The van der Waals surface area contributed by atoms with Crippen LogP contribution < -0.4 is 5.32 Å². The van der Waals surface area contributed by atoms with Gasteiger partial charge >= 0.3 is 5.97 Å². The molecule has 2 atom stereocenters. The maximum atomic E-state index is 12.8. The number of piperidine rings is 1. The molecule has 0 aromatic rings. The van der Waals surface area contributed by atoms with E-state index in [4.69, 9.17) is 0 Å². The molecule has 1 aliphatic heterocycles. The molecule has 1 N–H and O–H groups in total. The molecule has 17 heavy (non-hydrogen) atoms. The molecule has 98 valence electrons. The van der Waals surface area contributed by atoms with Gasteiger partial charge in [0.1, 0.15) is 0 Å². The Bertz CT molecular complexity index is 292. The quantitative estimate of drug-likeness (QED) is 0.768. The van der Waals surface area contributed by atoms with Crippen LogP contribution in [-0.2, 0) is 14.3 Å². The monoisotopic (exact) mass is 249 g/mol. The summed E-state index contributed by atoms with van der Waals surface area (Å²) in [6.07, 6.45) is -0.385. The first-order valence-corrected chi connectivity index (χ1v) is 5.63. The first-order valence-electron chi connectivity index (χ1n) is 5.63. The Labute approximate surface area is 98.7 Å². The highest BCUT2D eigenvalue weighted by Gasteiger charge is 2.34. The highest BCUT2D eigenvalue weighted by molar-refractivity contribution is 5.77. The van der Waals surface area contributed by atoms with E-state index in [0.717, 1.165) is 0 Å². The fraction of sp³-hybridized carbons (Fsp3) is 0.818. The first-order chi connectivity index (χ1) is 7.79. The van der Waals surface area contributed by atoms with Crippen LogP contribution >= 0.6 is 0 Å². The standard InChI is InChI=1S/C11H17F2NO3/c1-7(11(2,12)13)17-10(16)5-8-3-4-9(15)14-6-8/h7-8H,3-6H2,1-2H3,(H,14,15). The van der Waals surface area contributed by atoms with Crippen molar-refractivity contribution in [3.05, 3.63) is 0 Å². The highest BCUT2D eigenvalue weighted by atomic mass is 19.3. The predicted molar refractivity (Wildman–Crippen MR) is 56.5 cm³/mol. The molecule has 4 nitrogen and oxygen atoms in total. The highest BCUT2D eigenvalue weighted by Crippen LogP contribution is 2.22. The molecule has 0 saturated carbocycles. The third-order valence-corrected chi connectivity index (χ3v) is 2.84. The third kappa shape index (κ3) is 4.66. The average molecular weight is 249 g/mol. The molecular formula is C11H17F2NO3. The summed E-state index contributed by atoms with van der Waals surface area (Å²) in [6.45, 7) is 2.29. The van der Waals surface area contributed by atoms with Crippen LogP contribution in [0.4, 0.5) is 8.78 Å². The van der Waals surface area contributed by atoms with Gasteiger partial charge in [0.15, 0.2) is 6.10 Å². The maximum Gasteiger partial charge on any atom is 0.306 e. The van der Waals surface area contributed by atoms with E-state index in [1.54, 1.807) is 0 Å². The normalized spacial score (nSPS) is 22.8. The van der Waals surface area contributed by atoms with Crippen LogP contribution in [0.3, 0.4) is 0 Å². The lowest BCUT2D eigenvalue weighted by Crippen LogP contribution is -2.37. The predicted octanol–water partition coefficient (Wildman–Crippen LogP) is 1.49. The number of carbonyl (C=O) groups is 2. The number of alkyl halides is 2.